The Balaban J connectivity index is 2.44. The summed E-state index contributed by atoms with van der Waals surface area (Å²) < 4.78 is 11.5. The van der Waals surface area contributed by atoms with E-state index in [1.807, 2.05) is 25.1 Å². The van der Waals surface area contributed by atoms with Crippen LogP contribution in [0.1, 0.15) is 64.4 Å². The van der Waals surface area contributed by atoms with Gasteiger partial charge in [-0.05, 0) is 37.1 Å². The predicted octanol–water partition coefficient (Wildman–Crippen LogP) is 4.22. The first-order valence-electron chi connectivity index (χ1n) is 9.15. The van der Waals surface area contributed by atoms with Gasteiger partial charge in [0, 0.05) is 0 Å². The number of rotatable bonds is 13. The fourth-order valence-electron chi connectivity index (χ4n) is 2.40. The van der Waals surface area contributed by atoms with Crippen LogP contribution in [0.25, 0.3) is 0 Å². The lowest BCUT2D eigenvalue weighted by molar-refractivity contribution is 0.249. The standard InChI is InChI=1S/C19H31N3O3/c1-3-5-6-7-8-9-10-13-25-17-12-11-16(14-18(17)24-4-2)15-21-22-19(20)23/h11-12,14-15H,3-10,13H2,1-2H3,(H3,20,22,23)/b21-15-. The van der Waals surface area contributed by atoms with Crippen molar-refractivity contribution in [3.05, 3.63) is 23.8 Å². The van der Waals surface area contributed by atoms with Crippen molar-refractivity contribution in [1.82, 2.24) is 5.43 Å². The van der Waals surface area contributed by atoms with Gasteiger partial charge in [0.2, 0.25) is 0 Å². The number of nitrogens with two attached hydrogens (primary N) is 1. The molecule has 0 aliphatic heterocycles. The molecule has 1 aromatic rings. The lowest BCUT2D eigenvalue weighted by atomic mass is 10.1. The zero-order valence-electron chi connectivity index (χ0n) is 15.4. The molecule has 25 heavy (non-hydrogen) atoms. The zero-order chi connectivity index (χ0) is 18.3. The van der Waals surface area contributed by atoms with Crippen molar-refractivity contribution in [2.45, 2.75) is 58.8 Å². The molecule has 0 fully saturated rings. The molecule has 140 valence electrons. The molecule has 3 N–H and O–H groups in total. The van der Waals surface area contributed by atoms with Gasteiger partial charge in [0.1, 0.15) is 0 Å². The summed E-state index contributed by atoms with van der Waals surface area (Å²) >= 11 is 0. The third-order valence-corrected chi connectivity index (χ3v) is 3.66. The van der Waals surface area contributed by atoms with Gasteiger partial charge in [-0.1, -0.05) is 45.4 Å². The van der Waals surface area contributed by atoms with Gasteiger partial charge in [-0.2, -0.15) is 5.10 Å². The maximum absolute atomic E-state index is 10.6. The van der Waals surface area contributed by atoms with E-state index in [9.17, 15) is 4.79 Å². The number of nitrogens with one attached hydrogen (secondary N) is 1. The van der Waals surface area contributed by atoms with Crippen molar-refractivity contribution in [2.24, 2.45) is 10.8 Å². The highest BCUT2D eigenvalue weighted by atomic mass is 16.5. The van der Waals surface area contributed by atoms with Gasteiger partial charge in [-0.3, -0.25) is 0 Å². The molecule has 0 radical (unpaired) electrons. The molecule has 0 aliphatic carbocycles. The topological polar surface area (TPSA) is 85.9 Å². The third-order valence-electron chi connectivity index (χ3n) is 3.66. The molecular weight excluding hydrogens is 318 g/mol. The van der Waals surface area contributed by atoms with E-state index in [0.29, 0.717) is 19.0 Å². The first-order valence-corrected chi connectivity index (χ1v) is 9.15. The second-order valence-electron chi connectivity index (χ2n) is 5.84. The van der Waals surface area contributed by atoms with Crippen LogP contribution >= 0.6 is 0 Å². The summed E-state index contributed by atoms with van der Waals surface area (Å²) in [4.78, 5) is 10.6. The van der Waals surface area contributed by atoms with Crippen molar-refractivity contribution in [3.63, 3.8) is 0 Å². The second kappa shape index (κ2) is 13.1. The summed E-state index contributed by atoms with van der Waals surface area (Å²) in [5.41, 5.74) is 7.92. The number of hydrazone groups is 1. The van der Waals surface area contributed by atoms with Crippen LogP contribution in [0.2, 0.25) is 0 Å². The van der Waals surface area contributed by atoms with Gasteiger partial charge in [-0.25, -0.2) is 10.2 Å². The third kappa shape index (κ3) is 9.59. The van der Waals surface area contributed by atoms with Crippen LogP contribution in [0.3, 0.4) is 0 Å². The second-order valence-corrected chi connectivity index (χ2v) is 5.84. The minimum absolute atomic E-state index is 0.550. The molecule has 0 spiro atoms. The first-order chi connectivity index (χ1) is 12.2. The Labute approximate surface area is 150 Å². The van der Waals surface area contributed by atoms with E-state index in [2.05, 4.69) is 17.5 Å². The molecule has 0 bridgehead atoms. The number of amides is 2. The molecule has 6 nitrogen and oxygen atoms in total. The molecule has 0 aliphatic rings. The van der Waals surface area contributed by atoms with Crippen LogP contribution in [-0.2, 0) is 0 Å². The summed E-state index contributed by atoms with van der Waals surface area (Å²) in [7, 11) is 0. The fourth-order valence-corrected chi connectivity index (χ4v) is 2.40. The fraction of sp³-hybridized carbons (Fsp3) is 0.579. The lowest BCUT2D eigenvalue weighted by Gasteiger charge is -2.12. The van der Waals surface area contributed by atoms with Gasteiger partial charge in [-0.15, -0.1) is 0 Å². The normalized spacial score (nSPS) is 10.8. The van der Waals surface area contributed by atoms with E-state index in [-0.39, 0.29) is 0 Å². The quantitative estimate of drug-likeness (QED) is 0.318. The van der Waals surface area contributed by atoms with E-state index in [1.54, 1.807) is 0 Å². The number of primary amides is 1. The van der Waals surface area contributed by atoms with Crippen molar-refractivity contribution in [3.8, 4) is 11.5 Å². The summed E-state index contributed by atoms with van der Waals surface area (Å²) in [6, 6.07) is 4.85. The van der Waals surface area contributed by atoms with Crippen LogP contribution in [-0.4, -0.2) is 25.5 Å². The molecule has 0 saturated heterocycles. The van der Waals surface area contributed by atoms with Gasteiger partial charge in [0.15, 0.2) is 11.5 Å². The first kappa shape index (κ1) is 20.8. The minimum atomic E-state index is -0.698. The van der Waals surface area contributed by atoms with E-state index >= 15 is 0 Å². The highest BCUT2D eigenvalue weighted by Gasteiger charge is 2.06. The lowest BCUT2D eigenvalue weighted by Crippen LogP contribution is -2.24. The molecule has 1 rings (SSSR count). The number of ether oxygens (including phenoxy) is 2. The Morgan fingerprint density at radius 3 is 2.48 bits per heavy atom. The Hall–Kier alpha value is -2.24. The number of carbonyl (C=O) groups excluding carboxylic acids is 1. The molecule has 1 aromatic carbocycles. The van der Waals surface area contributed by atoms with Crippen LogP contribution in [0.5, 0.6) is 11.5 Å². The van der Waals surface area contributed by atoms with Gasteiger partial charge >= 0.3 is 6.03 Å². The summed E-state index contributed by atoms with van der Waals surface area (Å²) in [6.07, 6.45) is 10.3. The molecule has 0 aromatic heterocycles. The van der Waals surface area contributed by atoms with E-state index in [4.69, 9.17) is 15.2 Å². The van der Waals surface area contributed by atoms with Crippen molar-refractivity contribution < 1.29 is 14.3 Å². The van der Waals surface area contributed by atoms with E-state index in [0.717, 1.165) is 17.7 Å². The highest BCUT2D eigenvalue weighted by molar-refractivity contribution is 5.82. The zero-order valence-corrected chi connectivity index (χ0v) is 15.4. The van der Waals surface area contributed by atoms with Crippen molar-refractivity contribution in [2.75, 3.05) is 13.2 Å². The average Bonchev–Trinajstić information content (AvgIpc) is 2.59. The number of hydrogen-bond donors (Lipinski definition) is 2. The van der Waals surface area contributed by atoms with Crippen molar-refractivity contribution >= 4 is 12.2 Å². The average molecular weight is 349 g/mol. The molecule has 0 heterocycles. The Morgan fingerprint density at radius 2 is 1.80 bits per heavy atom. The number of carbonyl (C=O) groups is 1. The summed E-state index contributed by atoms with van der Waals surface area (Å²) in [5.74, 6) is 1.40. The molecule has 0 atom stereocenters. The summed E-state index contributed by atoms with van der Waals surface area (Å²) in [6.45, 7) is 5.39. The maximum atomic E-state index is 10.6. The monoisotopic (exact) mass is 349 g/mol. The van der Waals surface area contributed by atoms with Crippen LogP contribution in [0, 0.1) is 0 Å². The van der Waals surface area contributed by atoms with Gasteiger partial charge in [0.05, 0.1) is 19.4 Å². The Kier molecular flexibility index (Phi) is 10.9. The SMILES string of the molecule is CCCCCCCCCOc1ccc(/C=N\NC(N)=O)cc1OCC. The van der Waals surface area contributed by atoms with E-state index < -0.39 is 6.03 Å². The number of unbranched alkanes of at least 4 members (excludes halogenated alkanes) is 6. The van der Waals surface area contributed by atoms with Gasteiger partial charge in [0.25, 0.3) is 0 Å². The van der Waals surface area contributed by atoms with Crippen LogP contribution in [0.15, 0.2) is 23.3 Å². The largest absolute Gasteiger partial charge is 0.490 e. The number of urea groups is 1. The maximum Gasteiger partial charge on any atom is 0.332 e. The van der Waals surface area contributed by atoms with Crippen LogP contribution < -0.4 is 20.6 Å². The number of benzene rings is 1. The minimum Gasteiger partial charge on any atom is -0.490 e. The number of nitrogens with zero attached hydrogens (tertiary/aromatic N) is 1. The Bertz CT molecular complexity index is 533. The highest BCUT2D eigenvalue weighted by Crippen LogP contribution is 2.28. The molecule has 0 unspecified atom stereocenters. The van der Waals surface area contributed by atoms with Crippen molar-refractivity contribution in [1.29, 1.82) is 0 Å². The van der Waals surface area contributed by atoms with Crippen LogP contribution in [0.4, 0.5) is 4.79 Å². The van der Waals surface area contributed by atoms with E-state index in [1.165, 1.54) is 44.7 Å². The Morgan fingerprint density at radius 1 is 1.08 bits per heavy atom. The summed E-state index contributed by atoms with van der Waals surface area (Å²) in [5, 5.41) is 3.74. The van der Waals surface area contributed by atoms with Gasteiger partial charge < -0.3 is 15.2 Å². The molecule has 0 saturated carbocycles. The number of hydrogen-bond acceptors (Lipinski definition) is 4. The smallest absolute Gasteiger partial charge is 0.332 e. The molecule has 2 amide bonds. The molecule has 6 heteroatoms. The molecular formula is C19H31N3O3. The predicted molar refractivity (Wildman–Crippen MR) is 101 cm³/mol.